The maximum absolute atomic E-state index is 11.6. The van der Waals surface area contributed by atoms with Crippen LogP contribution < -0.4 is 0 Å². The molecule has 0 aliphatic rings. The highest BCUT2D eigenvalue weighted by molar-refractivity contribution is 5.77. The van der Waals surface area contributed by atoms with E-state index in [0.717, 1.165) is 31.3 Å². The molecule has 1 unspecified atom stereocenters. The Hall–Kier alpha value is -1.32. The number of unbranched alkanes of at least 4 members (excludes halogenated alkanes) is 1. The van der Waals surface area contributed by atoms with Gasteiger partial charge in [0.05, 0.1) is 19.4 Å². The quantitative estimate of drug-likeness (QED) is 0.427. The standard InChI is InChI=1S/C17H30O4/c1-5-7-8-15(6-2)13-21-17(19)10-9-16(18)20-12-11-14(3)4/h11,15H,5-10,12-13H2,1-4H3. The molecule has 0 bridgehead atoms. The summed E-state index contributed by atoms with van der Waals surface area (Å²) < 4.78 is 10.2. The lowest BCUT2D eigenvalue weighted by Crippen LogP contribution is -2.15. The Labute approximate surface area is 128 Å². The monoisotopic (exact) mass is 298 g/mol. The van der Waals surface area contributed by atoms with Gasteiger partial charge in [-0.1, -0.05) is 38.7 Å². The molecule has 0 saturated heterocycles. The first-order valence-electron chi connectivity index (χ1n) is 7.94. The zero-order chi connectivity index (χ0) is 16.1. The van der Waals surface area contributed by atoms with Gasteiger partial charge < -0.3 is 9.47 Å². The van der Waals surface area contributed by atoms with Crippen LogP contribution in [0.4, 0.5) is 0 Å². The summed E-state index contributed by atoms with van der Waals surface area (Å²) in [5, 5.41) is 0. The molecule has 0 rings (SSSR count). The Morgan fingerprint density at radius 2 is 1.67 bits per heavy atom. The van der Waals surface area contributed by atoms with Crippen LogP contribution in [0.3, 0.4) is 0 Å². The van der Waals surface area contributed by atoms with Crippen LogP contribution in [-0.2, 0) is 19.1 Å². The third kappa shape index (κ3) is 12.2. The largest absolute Gasteiger partial charge is 0.465 e. The van der Waals surface area contributed by atoms with Crippen molar-refractivity contribution in [3.05, 3.63) is 11.6 Å². The van der Waals surface area contributed by atoms with Gasteiger partial charge in [-0.25, -0.2) is 0 Å². The highest BCUT2D eigenvalue weighted by Gasteiger charge is 2.12. The molecular formula is C17H30O4. The van der Waals surface area contributed by atoms with E-state index in [1.165, 1.54) is 0 Å². The zero-order valence-electron chi connectivity index (χ0n) is 13.9. The van der Waals surface area contributed by atoms with E-state index in [1.54, 1.807) is 0 Å². The molecule has 0 aromatic heterocycles. The fraction of sp³-hybridized carbons (Fsp3) is 0.765. The molecule has 0 heterocycles. The molecule has 21 heavy (non-hydrogen) atoms. The van der Waals surface area contributed by atoms with Crippen LogP contribution in [0.15, 0.2) is 11.6 Å². The van der Waals surface area contributed by atoms with Gasteiger partial charge in [-0.2, -0.15) is 0 Å². The van der Waals surface area contributed by atoms with Gasteiger partial charge in [0.2, 0.25) is 0 Å². The van der Waals surface area contributed by atoms with Gasteiger partial charge in [-0.3, -0.25) is 9.59 Å². The zero-order valence-corrected chi connectivity index (χ0v) is 13.9. The average molecular weight is 298 g/mol. The highest BCUT2D eigenvalue weighted by Crippen LogP contribution is 2.13. The number of ether oxygens (including phenoxy) is 2. The van der Waals surface area contributed by atoms with Crippen molar-refractivity contribution in [3.63, 3.8) is 0 Å². The van der Waals surface area contributed by atoms with E-state index in [2.05, 4.69) is 13.8 Å². The average Bonchev–Trinajstić information content (AvgIpc) is 2.45. The number of hydrogen-bond acceptors (Lipinski definition) is 4. The van der Waals surface area contributed by atoms with Gasteiger partial charge in [0, 0.05) is 0 Å². The van der Waals surface area contributed by atoms with Crippen LogP contribution in [0.25, 0.3) is 0 Å². The molecule has 0 spiro atoms. The van der Waals surface area contributed by atoms with Crippen molar-refractivity contribution in [2.45, 2.75) is 66.2 Å². The molecule has 0 aromatic rings. The summed E-state index contributed by atoms with van der Waals surface area (Å²) in [5.74, 6) is -0.245. The molecule has 122 valence electrons. The molecule has 0 aliphatic carbocycles. The van der Waals surface area contributed by atoms with Crippen LogP contribution in [0.1, 0.15) is 66.2 Å². The summed E-state index contributed by atoms with van der Waals surface area (Å²) in [6, 6.07) is 0. The van der Waals surface area contributed by atoms with Crippen molar-refractivity contribution in [3.8, 4) is 0 Å². The van der Waals surface area contributed by atoms with E-state index < -0.39 is 0 Å². The number of carbonyl (C=O) groups is 2. The molecule has 0 aromatic carbocycles. The smallest absolute Gasteiger partial charge is 0.306 e. The minimum atomic E-state index is -0.359. The van der Waals surface area contributed by atoms with Crippen molar-refractivity contribution in [1.82, 2.24) is 0 Å². The predicted molar refractivity (Wildman–Crippen MR) is 83.9 cm³/mol. The van der Waals surface area contributed by atoms with Crippen LogP contribution in [0.5, 0.6) is 0 Å². The third-order valence-electron chi connectivity index (χ3n) is 3.29. The SMILES string of the molecule is CCCCC(CC)COC(=O)CCC(=O)OCC=C(C)C. The minimum Gasteiger partial charge on any atom is -0.465 e. The van der Waals surface area contributed by atoms with Gasteiger partial charge in [0.15, 0.2) is 0 Å². The molecule has 0 fully saturated rings. The molecule has 0 amide bonds. The second kappa shape index (κ2) is 12.4. The number of allylic oxidation sites excluding steroid dienone is 1. The number of rotatable bonds is 11. The van der Waals surface area contributed by atoms with Gasteiger partial charge in [-0.05, 0) is 32.3 Å². The van der Waals surface area contributed by atoms with E-state index in [0.29, 0.717) is 12.5 Å². The number of carbonyl (C=O) groups excluding carboxylic acids is 2. The van der Waals surface area contributed by atoms with Crippen LogP contribution in [0.2, 0.25) is 0 Å². The van der Waals surface area contributed by atoms with E-state index in [1.807, 2.05) is 19.9 Å². The molecule has 4 nitrogen and oxygen atoms in total. The molecule has 0 radical (unpaired) electrons. The van der Waals surface area contributed by atoms with Crippen molar-refractivity contribution in [1.29, 1.82) is 0 Å². The Bertz CT molecular complexity index is 330. The van der Waals surface area contributed by atoms with Gasteiger partial charge in [0.1, 0.15) is 6.61 Å². The second-order valence-electron chi connectivity index (χ2n) is 5.56. The Kier molecular flexibility index (Phi) is 11.6. The van der Waals surface area contributed by atoms with Crippen molar-refractivity contribution < 1.29 is 19.1 Å². The van der Waals surface area contributed by atoms with E-state index >= 15 is 0 Å². The lowest BCUT2D eigenvalue weighted by atomic mass is 10.0. The Morgan fingerprint density at radius 1 is 1.05 bits per heavy atom. The molecule has 1 atom stereocenters. The van der Waals surface area contributed by atoms with Crippen molar-refractivity contribution in [2.75, 3.05) is 13.2 Å². The van der Waals surface area contributed by atoms with Gasteiger partial charge >= 0.3 is 11.9 Å². The van der Waals surface area contributed by atoms with Crippen LogP contribution in [0, 0.1) is 5.92 Å². The Morgan fingerprint density at radius 3 is 2.19 bits per heavy atom. The van der Waals surface area contributed by atoms with Crippen LogP contribution >= 0.6 is 0 Å². The first kappa shape index (κ1) is 19.7. The third-order valence-corrected chi connectivity index (χ3v) is 3.29. The first-order chi connectivity index (χ1) is 9.99. The molecule has 0 N–H and O–H groups in total. The number of hydrogen-bond donors (Lipinski definition) is 0. The summed E-state index contributed by atoms with van der Waals surface area (Å²) in [7, 11) is 0. The summed E-state index contributed by atoms with van der Waals surface area (Å²) in [5.41, 5.74) is 1.10. The molecule has 0 saturated carbocycles. The first-order valence-corrected chi connectivity index (χ1v) is 7.94. The number of esters is 2. The predicted octanol–water partition coefficient (Wildman–Crippen LogP) is 4.04. The topological polar surface area (TPSA) is 52.6 Å². The van der Waals surface area contributed by atoms with Crippen LogP contribution in [-0.4, -0.2) is 25.2 Å². The van der Waals surface area contributed by atoms with E-state index in [4.69, 9.17) is 9.47 Å². The van der Waals surface area contributed by atoms with E-state index in [9.17, 15) is 9.59 Å². The van der Waals surface area contributed by atoms with Gasteiger partial charge in [-0.15, -0.1) is 0 Å². The van der Waals surface area contributed by atoms with Crippen molar-refractivity contribution >= 4 is 11.9 Å². The lowest BCUT2D eigenvalue weighted by Gasteiger charge is -2.14. The highest BCUT2D eigenvalue weighted by atomic mass is 16.5. The molecule has 4 heteroatoms. The Balaban J connectivity index is 3.78. The summed E-state index contributed by atoms with van der Waals surface area (Å²) in [6.07, 6.45) is 6.42. The van der Waals surface area contributed by atoms with E-state index in [-0.39, 0.29) is 31.4 Å². The summed E-state index contributed by atoms with van der Waals surface area (Å²) in [6.45, 7) is 8.86. The van der Waals surface area contributed by atoms with Gasteiger partial charge in [0.25, 0.3) is 0 Å². The fourth-order valence-corrected chi connectivity index (χ4v) is 1.76. The maximum atomic E-state index is 11.6. The minimum absolute atomic E-state index is 0.0845. The normalized spacial score (nSPS) is 11.6. The fourth-order valence-electron chi connectivity index (χ4n) is 1.76. The van der Waals surface area contributed by atoms with Crippen molar-refractivity contribution in [2.24, 2.45) is 5.92 Å². The maximum Gasteiger partial charge on any atom is 0.306 e. The second-order valence-corrected chi connectivity index (χ2v) is 5.56. The lowest BCUT2D eigenvalue weighted by molar-refractivity contribution is -0.150. The molecular weight excluding hydrogens is 268 g/mol. The molecule has 0 aliphatic heterocycles. The summed E-state index contributed by atoms with van der Waals surface area (Å²) in [4.78, 5) is 23.0. The summed E-state index contributed by atoms with van der Waals surface area (Å²) >= 11 is 0.